The molecule has 3 heteroatoms. The molecule has 72 valence electrons. The summed E-state index contributed by atoms with van der Waals surface area (Å²) in [7, 11) is 0. The summed E-state index contributed by atoms with van der Waals surface area (Å²) in [5.74, 6) is 1.36. The first-order chi connectivity index (χ1) is 6.29. The number of rotatable bonds is 4. The molecule has 0 aromatic carbocycles. The van der Waals surface area contributed by atoms with Gasteiger partial charge in [-0.05, 0) is 18.8 Å². The van der Waals surface area contributed by atoms with Crippen LogP contribution in [0.25, 0.3) is 0 Å². The Morgan fingerprint density at radius 1 is 1.69 bits per heavy atom. The van der Waals surface area contributed by atoms with Gasteiger partial charge in [-0.15, -0.1) is 11.3 Å². The quantitative estimate of drug-likeness (QED) is 0.801. The van der Waals surface area contributed by atoms with E-state index in [4.69, 9.17) is 5.73 Å². The van der Waals surface area contributed by atoms with Crippen molar-refractivity contribution in [2.75, 3.05) is 6.54 Å². The Kier molecular flexibility index (Phi) is 2.65. The van der Waals surface area contributed by atoms with Gasteiger partial charge in [-0.1, -0.05) is 6.92 Å². The highest BCUT2D eigenvalue weighted by Crippen LogP contribution is 2.33. The van der Waals surface area contributed by atoms with E-state index in [9.17, 15) is 0 Å². The first-order valence-electron chi connectivity index (χ1n) is 4.94. The van der Waals surface area contributed by atoms with Gasteiger partial charge in [0, 0.05) is 24.3 Å². The van der Waals surface area contributed by atoms with Crippen LogP contribution in [0.2, 0.25) is 0 Å². The van der Waals surface area contributed by atoms with Gasteiger partial charge in [0.15, 0.2) is 0 Å². The first-order valence-corrected chi connectivity index (χ1v) is 5.82. The van der Waals surface area contributed by atoms with Crippen LogP contribution in [0.5, 0.6) is 0 Å². The van der Waals surface area contributed by atoms with Crippen LogP contribution in [-0.2, 0) is 6.42 Å². The fraction of sp³-hybridized carbons (Fsp3) is 0.700. The lowest BCUT2D eigenvalue weighted by Crippen LogP contribution is -2.09. The SMILES string of the molecule is CC(CN)c1csc(CC2CC2)n1. The Morgan fingerprint density at radius 2 is 2.46 bits per heavy atom. The number of aromatic nitrogens is 1. The van der Waals surface area contributed by atoms with Crippen LogP contribution < -0.4 is 5.73 Å². The minimum atomic E-state index is 0.421. The van der Waals surface area contributed by atoms with Gasteiger partial charge in [0.1, 0.15) is 0 Å². The molecule has 1 heterocycles. The average Bonchev–Trinajstić information content (AvgIpc) is 2.81. The lowest BCUT2D eigenvalue weighted by Gasteiger charge is -2.02. The molecule has 2 nitrogen and oxygen atoms in total. The molecule has 0 spiro atoms. The maximum absolute atomic E-state index is 5.59. The van der Waals surface area contributed by atoms with Crippen molar-refractivity contribution in [1.82, 2.24) is 4.98 Å². The molecule has 1 aromatic rings. The van der Waals surface area contributed by atoms with Crippen molar-refractivity contribution in [1.29, 1.82) is 0 Å². The summed E-state index contributed by atoms with van der Waals surface area (Å²) in [4.78, 5) is 4.60. The molecular weight excluding hydrogens is 180 g/mol. The Bertz CT molecular complexity index is 278. The van der Waals surface area contributed by atoms with Crippen molar-refractivity contribution in [3.63, 3.8) is 0 Å². The lowest BCUT2D eigenvalue weighted by atomic mass is 10.1. The Hall–Kier alpha value is -0.410. The van der Waals surface area contributed by atoms with Crippen LogP contribution >= 0.6 is 11.3 Å². The first kappa shape index (κ1) is 9.16. The number of hydrogen-bond acceptors (Lipinski definition) is 3. The highest BCUT2D eigenvalue weighted by Gasteiger charge is 2.23. The standard InChI is InChI=1S/C10H16N2S/c1-7(5-11)9-6-13-10(12-9)4-8-2-3-8/h6-8H,2-5,11H2,1H3. The van der Waals surface area contributed by atoms with Crippen molar-refractivity contribution in [3.05, 3.63) is 16.1 Å². The molecule has 0 amide bonds. The van der Waals surface area contributed by atoms with Crippen LogP contribution in [0, 0.1) is 5.92 Å². The number of nitrogens with two attached hydrogens (primary N) is 1. The second-order valence-electron chi connectivity index (χ2n) is 3.95. The van der Waals surface area contributed by atoms with Gasteiger partial charge in [0.05, 0.1) is 10.7 Å². The Balaban J connectivity index is 1.99. The van der Waals surface area contributed by atoms with E-state index < -0.39 is 0 Å². The smallest absolute Gasteiger partial charge is 0.0931 e. The van der Waals surface area contributed by atoms with Gasteiger partial charge in [0.25, 0.3) is 0 Å². The molecule has 0 saturated heterocycles. The zero-order valence-electron chi connectivity index (χ0n) is 7.99. The summed E-state index contributed by atoms with van der Waals surface area (Å²) < 4.78 is 0. The highest BCUT2D eigenvalue weighted by atomic mass is 32.1. The number of nitrogens with zero attached hydrogens (tertiary/aromatic N) is 1. The van der Waals surface area contributed by atoms with E-state index in [1.807, 2.05) is 0 Å². The van der Waals surface area contributed by atoms with Gasteiger partial charge < -0.3 is 5.73 Å². The van der Waals surface area contributed by atoms with Gasteiger partial charge in [-0.2, -0.15) is 0 Å². The molecule has 1 aliphatic rings. The minimum absolute atomic E-state index is 0.421. The molecule has 1 unspecified atom stereocenters. The van der Waals surface area contributed by atoms with Gasteiger partial charge in [-0.25, -0.2) is 4.98 Å². The van der Waals surface area contributed by atoms with Crippen LogP contribution in [-0.4, -0.2) is 11.5 Å². The molecular formula is C10H16N2S. The van der Waals surface area contributed by atoms with Crippen LogP contribution in [0.1, 0.15) is 36.4 Å². The van der Waals surface area contributed by atoms with Gasteiger partial charge in [-0.3, -0.25) is 0 Å². The lowest BCUT2D eigenvalue weighted by molar-refractivity contribution is 0.738. The molecule has 1 atom stereocenters. The van der Waals surface area contributed by atoms with Gasteiger partial charge >= 0.3 is 0 Å². The molecule has 0 bridgehead atoms. The van der Waals surface area contributed by atoms with Gasteiger partial charge in [0.2, 0.25) is 0 Å². The molecule has 2 rings (SSSR count). The van der Waals surface area contributed by atoms with E-state index in [-0.39, 0.29) is 0 Å². The third kappa shape index (κ3) is 2.29. The highest BCUT2D eigenvalue weighted by molar-refractivity contribution is 7.09. The van der Waals surface area contributed by atoms with E-state index in [1.54, 1.807) is 11.3 Å². The average molecular weight is 196 g/mol. The Morgan fingerprint density at radius 3 is 3.08 bits per heavy atom. The minimum Gasteiger partial charge on any atom is -0.330 e. The predicted molar refractivity (Wildman–Crippen MR) is 56.0 cm³/mol. The molecule has 1 fully saturated rings. The molecule has 0 radical (unpaired) electrons. The summed E-state index contributed by atoms with van der Waals surface area (Å²) in [6.45, 7) is 2.84. The Labute approximate surface area is 83.2 Å². The van der Waals surface area contributed by atoms with E-state index in [0.29, 0.717) is 12.5 Å². The van der Waals surface area contributed by atoms with Crippen LogP contribution in [0.15, 0.2) is 5.38 Å². The van der Waals surface area contributed by atoms with Crippen molar-refractivity contribution in [2.45, 2.75) is 32.1 Å². The van der Waals surface area contributed by atoms with E-state index >= 15 is 0 Å². The van der Waals surface area contributed by atoms with Crippen LogP contribution in [0.4, 0.5) is 0 Å². The zero-order valence-corrected chi connectivity index (χ0v) is 8.81. The molecule has 2 N–H and O–H groups in total. The van der Waals surface area contributed by atoms with Crippen LogP contribution in [0.3, 0.4) is 0 Å². The monoisotopic (exact) mass is 196 g/mol. The zero-order chi connectivity index (χ0) is 9.26. The molecule has 1 aromatic heterocycles. The fourth-order valence-corrected chi connectivity index (χ4v) is 2.37. The molecule has 1 saturated carbocycles. The second-order valence-corrected chi connectivity index (χ2v) is 4.89. The predicted octanol–water partition coefficient (Wildman–Crippen LogP) is 2.16. The van der Waals surface area contributed by atoms with E-state index in [2.05, 4.69) is 17.3 Å². The maximum atomic E-state index is 5.59. The topological polar surface area (TPSA) is 38.9 Å². The molecule has 1 aliphatic carbocycles. The number of hydrogen-bond donors (Lipinski definition) is 1. The summed E-state index contributed by atoms with van der Waals surface area (Å²) >= 11 is 1.79. The van der Waals surface area contributed by atoms with E-state index in [1.165, 1.54) is 30.0 Å². The largest absolute Gasteiger partial charge is 0.330 e. The third-order valence-electron chi connectivity index (χ3n) is 2.59. The third-order valence-corrected chi connectivity index (χ3v) is 3.48. The summed E-state index contributed by atoms with van der Waals surface area (Å²) in [5, 5.41) is 3.47. The van der Waals surface area contributed by atoms with Crippen molar-refractivity contribution in [3.8, 4) is 0 Å². The maximum Gasteiger partial charge on any atom is 0.0931 e. The molecule has 13 heavy (non-hydrogen) atoms. The normalized spacial score (nSPS) is 18.9. The summed E-state index contributed by atoms with van der Waals surface area (Å²) in [6.07, 6.45) is 4.00. The summed E-state index contributed by atoms with van der Waals surface area (Å²) in [6, 6.07) is 0. The number of thiazole rings is 1. The van der Waals surface area contributed by atoms with Crippen molar-refractivity contribution in [2.24, 2.45) is 11.7 Å². The van der Waals surface area contributed by atoms with E-state index in [0.717, 1.165) is 5.92 Å². The molecule has 0 aliphatic heterocycles. The van der Waals surface area contributed by atoms with Crippen molar-refractivity contribution >= 4 is 11.3 Å². The van der Waals surface area contributed by atoms with Crippen molar-refractivity contribution < 1.29 is 0 Å². The summed E-state index contributed by atoms with van der Waals surface area (Å²) in [5.41, 5.74) is 6.78. The second kappa shape index (κ2) is 3.76. The fourth-order valence-electron chi connectivity index (χ4n) is 1.33.